The van der Waals surface area contributed by atoms with E-state index in [2.05, 4.69) is 10.2 Å². The van der Waals surface area contributed by atoms with Crippen LogP contribution in [0.4, 0.5) is 10.6 Å². The molecule has 7 heteroatoms. The third-order valence-electron chi connectivity index (χ3n) is 3.66. The van der Waals surface area contributed by atoms with E-state index in [-0.39, 0.29) is 13.2 Å². The second kappa shape index (κ2) is 5.88. The molecule has 0 bridgehead atoms. The smallest absolute Gasteiger partial charge is 0.415 e. The average molecular weight is 301 g/mol. The van der Waals surface area contributed by atoms with Gasteiger partial charge in [-0.25, -0.2) is 4.79 Å². The van der Waals surface area contributed by atoms with Gasteiger partial charge in [-0.05, 0) is 12.0 Å². The maximum atomic E-state index is 12.2. The highest BCUT2D eigenvalue weighted by Crippen LogP contribution is 2.34. The summed E-state index contributed by atoms with van der Waals surface area (Å²) in [5.74, 6) is -1.16. The molecule has 0 aliphatic carbocycles. The predicted molar refractivity (Wildman–Crippen MR) is 77.6 cm³/mol. The maximum absolute atomic E-state index is 12.2. The SMILES string of the molecule is O=C(O)C1CCN(C(=O)OCc2ccccc2)c2[nH]ncc21. The van der Waals surface area contributed by atoms with E-state index < -0.39 is 18.0 Å². The zero-order chi connectivity index (χ0) is 15.5. The molecule has 0 spiro atoms. The minimum atomic E-state index is -0.917. The molecule has 1 aromatic carbocycles. The van der Waals surface area contributed by atoms with Crippen molar-refractivity contribution in [1.82, 2.24) is 10.2 Å². The van der Waals surface area contributed by atoms with Crippen LogP contribution in [0.2, 0.25) is 0 Å². The molecule has 1 unspecified atom stereocenters. The monoisotopic (exact) mass is 301 g/mol. The molecular weight excluding hydrogens is 286 g/mol. The van der Waals surface area contributed by atoms with Crippen LogP contribution in [0, 0.1) is 0 Å². The average Bonchev–Trinajstić information content (AvgIpc) is 3.02. The van der Waals surface area contributed by atoms with Crippen molar-refractivity contribution in [3.8, 4) is 0 Å². The zero-order valence-corrected chi connectivity index (χ0v) is 11.7. The number of aliphatic carboxylic acids is 1. The lowest BCUT2D eigenvalue weighted by molar-refractivity contribution is -0.139. The summed E-state index contributed by atoms with van der Waals surface area (Å²) in [6.45, 7) is 0.446. The Labute approximate surface area is 126 Å². The first-order valence-electron chi connectivity index (χ1n) is 6.91. The number of aromatic amines is 1. The number of anilines is 1. The summed E-state index contributed by atoms with van der Waals surface area (Å²) in [6.07, 6.45) is 1.27. The van der Waals surface area contributed by atoms with Crippen molar-refractivity contribution in [2.75, 3.05) is 11.4 Å². The van der Waals surface area contributed by atoms with Gasteiger partial charge in [0.1, 0.15) is 12.4 Å². The molecular formula is C15H15N3O4. The fraction of sp³-hybridized carbons (Fsp3) is 0.267. The molecule has 1 aromatic heterocycles. The number of amides is 1. The van der Waals surface area contributed by atoms with E-state index in [9.17, 15) is 14.7 Å². The van der Waals surface area contributed by atoms with Crippen LogP contribution in [-0.2, 0) is 16.1 Å². The van der Waals surface area contributed by atoms with Gasteiger partial charge in [-0.1, -0.05) is 30.3 Å². The Morgan fingerprint density at radius 3 is 2.86 bits per heavy atom. The van der Waals surface area contributed by atoms with Crippen LogP contribution in [0.15, 0.2) is 36.5 Å². The molecule has 3 rings (SSSR count). The molecule has 22 heavy (non-hydrogen) atoms. The lowest BCUT2D eigenvalue weighted by Gasteiger charge is -2.28. The first-order valence-corrected chi connectivity index (χ1v) is 6.91. The number of carbonyl (C=O) groups excluding carboxylic acids is 1. The number of nitrogens with one attached hydrogen (secondary N) is 1. The minimum absolute atomic E-state index is 0.169. The number of rotatable bonds is 3. The summed E-state index contributed by atoms with van der Waals surface area (Å²) < 4.78 is 5.28. The molecule has 0 radical (unpaired) electrons. The lowest BCUT2D eigenvalue weighted by Crippen LogP contribution is -2.38. The highest BCUT2D eigenvalue weighted by molar-refractivity contribution is 5.90. The van der Waals surface area contributed by atoms with Crippen molar-refractivity contribution in [2.45, 2.75) is 18.9 Å². The lowest BCUT2D eigenvalue weighted by atomic mass is 9.94. The van der Waals surface area contributed by atoms with Crippen LogP contribution >= 0.6 is 0 Å². The van der Waals surface area contributed by atoms with Gasteiger partial charge in [0.15, 0.2) is 0 Å². The van der Waals surface area contributed by atoms with Crippen molar-refractivity contribution in [3.63, 3.8) is 0 Å². The Bertz CT molecular complexity index is 683. The van der Waals surface area contributed by atoms with Gasteiger partial charge in [-0.2, -0.15) is 5.10 Å². The fourth-order valence-corrected chi connectivity index (χ4v) is 2.52. The van der Waals surface area contributed by atoms with Gasteiger partial charge in [0.25, 0.3) is 0 Å². The molecule has 1 amide bonds. The Morgan fingerprint density at radius 2 is 2.14 bits per heavy atom. The van der Waals surface area contributed by atoms with E-state index >= 15 is 0 Å². The molecule has 2 heterocycles. The highest BCUT2D eigenvalue weighted by atomic mass is 16.6. The number of fused-ring (bicyclic) bond motifs is 1. The van der Waals surface area contributed by atoms with E-state index in [0.717, 1.165) is 5.56 Å². The van der Waals surface area contributed by atoms with Crippen molar-refractivity contribution < 1.29 is 19.4 Å². The van der Waals surface area contributed by atoms with Crippen molar-refractivity contribution in [3.05, 3.63) is 47.7 Å². The number of aromatic nitrogens is 2. The van der Waals surface area contributed by atoms with E-state index in [1.165, 1.54) is 11.1 Å². The molecule has 1 aliphatic heterocycles. The number of carboxylic acids is 1. The van der Waals surface area contributed by atoms with Crippen LogP contribution in [0.1, 0.15) is 23.5 Å². The Hall–Kier alpha value is -2.83. The van der Waals surface area contributed by atoms with Crippen LogP contribution in [0.5, 0.6) is 0 Å². The summed E-state index contributed by atoms with van der Waals surface area (Å²) >= 11 is 0. The number of H-pyrrole nitrogens is 1. The van der Waals surface area contributed by atoms with Gasteiger partial charge in [0, 0.05) is 12.1 Å². The maximum Gasteiger partial charge on any atom is 0.415 e. The summed E-state index contributed by atoms with van der Waals surface area (Å²) in [6, 6.07) is 9.36. The molecule has 1 aliphatic rings. The van der Waals surface area contributed by atoms with E-state index in [4.69, 9.17) is 4.74 Å². The summed E-state index contributed by atoms with van der Waals surface area (Å²) in [4.78, 5) is 24.8. The van der Waals surface area contributed by atoms with Gasteiger partial charge in [-0.3, -0.25) is 14.8 Å². The van der Waals surface area contributed by atoms with Crippen molar-refractivity contribution in [2.24, 2.45) is 0 Å². The van der Waals surface area contributed by atoms with Gasteiger partial charge >= 0.3 is 12.1 Å². The second-order valence-electron chi connectivity index (χ2n) is 5.05. The topological polar surface area (TPSA) is 95.5 Å². The Kier molecular flexibility index (Phi) is 3.78. The molecule has 7 nitrogen and oxygen atoms in total. The molecule has 1 atom stereocenters. The van der Waals surface area contributed by atoms with Crippen molar-refractivity contribution in [1.29, 1.82) is 0 Å². The number of nitrogens with zero attached hydrogens (tertiary/aromatic N) is 2. The first-order chi connectivity index (χ1) is 10.7. The van der Waals surface area contributed by atoms with Crippen molar-refractivity contribution >= 4 is 17.9 Å². The van der Waals surface area contributed by atoms with Crippen LogP contribution in [-0.4, -0.2) is 33.9 Å². The third-order valence-corrected chi connectivity index (χ3v) is 3.66. The number of carbonyl (C=O) groups is 2. The Morgan fingerprint density at radius 1 is 1.36 bits per heavy atom. The number of ether oxygens (including phenoxy) is 1. The van der Waals surface area contributed by atoms with E-state index in [1.54, 1.807) is 0 Å². The quantitative estimate of drug-likeness (QED) is 0.905. The highest BCUT2D eigenvalue weighted by Gasteiger charge is 2.34. The third kappa shape index (κ3) is 2.65. The molecule has 0 fully saturated rings. The zero-order valence-electron chi connectivity index (χ0n) is 11.7. The predicted octanol–water partition coefficient (Wildman–Crippen LogP) is 2.12. The summed E-state index contributed by atoms with van der Waals surface area (Å²) in [5.41, 5.74) is 1.40. The standard InChI is InChI=1S/C15H15N3O4/c19-14(20)11-6-7-18(13-12(11)8-16-17-13)15(21)22-9-10-4-2-1-3-5-10/h1-5,8,11H,6-7,9H2,(H,16,17)(H,19,20). The van der Waals surface area contributed by atoms with E-state index in [1.807, 2.05) is 30.3 Å². The summed E-state index contributed by atoms with van der Waals surface area (Å²) in [5, 5.41) is 15.7. The molecule has 2 aromatic rings. The summed E-state index contributed by atoms with van der Waals surface area (Å²) in [7, 11) is 0. The molecule has 0 saturated heterocycles. The second-order valence-corrected chi connectivity index (χ2v) is 5.05. The first kappa shape index (κ1) is 14.1. The van der Waals surface area contributed by atoms with E-state index in [0.29, 0.717) is 17.8 Å². The van der Waals surface area contributed by atoms with Crippen LogP contribution < -0.4 is 4.90 Å². The van der Waals surface area contributed by atoms with Gasteiger partial charge < -0.3 is 9.84 Å². The van der Waals surface area contributed by atoms with Gasteiger partial charge in [-0.15, -0.1) is 0 Å². The Balaban J connectivity index is 1.71. The number of hydrogen-bond acceptors (Lipinski definition) is 4. The minimum Gasteiger partial charge on any atom is -0.481 e. The number of benzene rings is 1. The van der Waals surface area contributed by atoms with Gasteiger partial charge in [0.05, 0.1) is 12.1 Å². The van der Waals surface area contributed by atoms with Crippen LogP contribution in [0.3, 0.4) is 0 Å². The molecule has 2 N–H and O–H groups in total. The largest absolute Gasteiger partial charge is 0.481 e. The number of hydrogen-bond donors (Lipinski definition) is 2. The van der Waals surface area contributed by atoms with Gasteiger partial charge in [0.2, 0.25) is 0 Å². The van der Waals surface area contributed by atoms with Crippen LogP contribution in [0.25, 0.3) is 0 Å². The molecule has 114 valence electrons. The normalized spacial score (nSPS) is 16.9. The number of carboxylic acid groups (broad SMARTS) is 1. The fourth-order valence-electron chi connectivity index (χ4n) is 2.52. The molecule has 0 saturated carbocycles.